The van der Waals surface area contributed by atoms with E-state index in [9.17, 15) is 9.46 Å². The van der Waals surface area contributed by atoms with E-state index < -0.39 is 31.7 Å². The van der Waals surface area contributed by atoms with Gasteiger partial charge in [-0.3, -0.25) is 4.57 Å². The summed E-state index contributed by atoms with van der Waals surface area (Å²) in [7, 11) is -2.86. The van der Waals surface area contributed by atoms with Gasteiger partial charge in [-0.25, -0.2) is 19.2 Å². The minimum Gasteiger partial charge on any atom is -0.756 e. The van der Waals surface area contributed by atoms with Crippen molar-refractivity contribution in [3.8, 4) is 0 Å². The molecular weight excluding hydrogens is 314 g/mol. The van der Waals surface area contributed by atoms with E-state index in [1.54, 1.807) is 6.92 Å². The van der Waals surface area contributed by atoms with Crippen LogP contribution in [0.1, 0.15) is 6.92 Å². The molecule has 0 spiro atoms. The van der Waals surface area contributed by atoms with Crippen molar-refractivity contribution in [3.63, 3.8) is 0 Å². The SMILES string of the molecule is CCOP(=O)([O-])OC.O=C(O)C(=O)O.O=C(O)C(=O)O.[Li+]. The Labute approximate surface area is 130 Å². The van der Waals surface area contributed by atoms with Gasteiger partial charge in [0.05, 0.1) is 6.61 Å². The van der Waals surface area contributed by atoms with E-state index >= 15 is 0 Å². The van der Waals surface area contributed by atoms with Gasteiger partial charge >= 0.3 is 42.7 Å². The molecule has 0 aromatic carbocycles. The van der Waals surface area contributed by atoms with Crippen LogP contribution >= 0.6 is 7.82 Å². The number of hydrogen-bond acceptors (Lipinski definition) is 8. The number of carboxylic acid groups (broad SMARTS) is 4. The molecule has 118 valence electrons. The van der Waals surface area contributed by atoms with E-state index in [-0.39, 0.29) is 25.5 Å². The summed E-state index contributed by atoms with van der Waals surface area (Å²) in [6.45, 7) is 1.69. The fourth-order valence-electron chi connectivity index (χ4n) is 0.211. The molecular formula is C7H12LiO12P. The van der Waals surface area contributed by atoms with Gasteiger partial charge in [0, 0.05) is 7.11 Å². The molecule has 0 radical (unpaired) electrons. The molecule has 0 aliphatic rings. The van der Waals surface area contributed by atoms with Crippen LogP contribution < -0.4 is 23.8 Å². The Balaban J connectivity index is -0.000000102. The van der Waals surface area contributed by atoms with Gasteiger partial charge in [-0.15, -0.1) is 0 Å². The Bertz CT molecular complexity index is 345. The van der Waals surface area contributed by atoms with E-state index in [1.807, 2.05) is 0 Å². The summed E-state index contributed by atoms with van der Waals surface area (Å²) in [5.41, 5.74) is 0. The molecule has 1 unspecified atom stereocenters. The van der Waals surface area contributed by atoms with Crippen molar-refractivity contribution in [3.05, 3.63) is 0 Å². The molecule has 0 aromatic heterocycles. The van der Waals surface area contributed by atoms with E-state index in [0.29, 0.717) is 0 Å². The number of phosphoric acid groups is 1. The molecule has 0 saturated heterocycles. The quantitative estimate of drug-likeness (QED) is 0.219. The second-order valence-corrected chi connectivity index (χ2v) is 3.79. The zero-order valence-corrected chi connectivity index (χ0v) is 12.1. The second kappa shape index (κ2) is 15.0. The minimum absolute atomic E-state index is 0. The molecule has 0 aliphatic heterocycles. The van der Waals surface area contributed by atoms with Crippen molar-refractivity contribution in [1.29, 1.82) is 0 Å². The topological polar surface area (TPSA) is 208 Å². The van der Waals surface area contributed by atoms with Crippen LogP contribution in [0.5, 0.6) is 0 Å². The van der Waals surface area contributed by atoms with E-state index in [4.69, 9.17) is 39.6 Å². The van der Waals surface area contributed by atoms with Gasteiger partial charge in [0.2, 0.25) is 0 Å². The van der Waals surface area contributed by atoms with Crippen molar-refractivity contribution >= 4 is 31.7 Å². The molecule has 14 heteroatoms. The zero-order chi connectivity index (χ0) is 16.9. The van der Waals surface area contributed by atoms with Crippen LogP contribution in [-0.2, 0) is 32.8 Å². The van der Waals surface area contributed by atoms with Crippen LogP contribution in [0, 0.1) is 0 Å². The van der Waals surface area contributed by atoms with E-state index in [2.05, 4.69) is 9.05 Å². The number of hydrogen-bond donors (Lipinski definition) is 4. The zero-order valence-electron chi connectivity index (χ0n) is 11.2. The maximum atomic E-state index is 10.2. The first kappa shape index (κ1) is 27.9. The van der Waals surface area contributed by atoms with Gasteiger partial charge in [-0.05, 0) is 6.92 Å². The molecule has 0 rings (SSSR count). The largest absolute Gasteiger partial charge is 1.00 e. The van der Waals surface area contributed by atoms with Gasteiger partial charge in [-0.2, -0.15) is 0 Å². The van der Waals surface area contributed by atoms with Crippen LogP contribution in [0.15, 0.2) is 0 Å². The number of phosphoric ester groups is 1. The maximum Gasteiger partial charge on any atom is 1.00 e. The number of carbonyl (C=O) groups is 4. The van der Waals surface area contributed by atoms with Crippen LogP contribution in [0.2, 0.25) is 0 Å². The van der Waals surface area contributed by atoms with Gasteiger partial charge in [0.1, 0.15) is 0 Å². The summed E-state index contributed by atoms with van der Waals surface area (Å²) < 4.78 is 18.3. The summed E-state index contributed by atoms with van der Waals surface area (Å²) in [6, 6.07) is 0. The fraction of sp³-hybridized carbons (Fsp3) is 0.429. The third kappa shape index (κ3) is 27.7. The molecule has 1 atom stereocenters. The van der Waals surface area contributed by atoms with Crippen molar-refractivity contribution in [2.75, 3.05) is 13.7 Å². The van der Waals surface area contributed by atoms with Crippen molar-refractivity contribution in [2.45, 2.75) is 6.92 Å². The molecule has 4 N–H and O–H groups in total. The molecule has 21 heavy (non-hydrogen) atoms. The predicted octanol–water partition coefficient (Wildman–Crippen LogP) is -4.55. The van der Waals surface area contributed by atoms with Crippen LogP contribution in [0.3, 0.4) is 0 Å². The molecule has 0 fully saturated rings. The smallest absolute Gasteiger partial charge is 0.756 e. The molecule has 0 saturated carbocycles. The molecule has 0 heterocycles. The third-order valence-electron chi connectivity index (χ3n) is 0.877. The Morgan fingerprint density at radius 3 is 1.24 bits per heavy atom. The standard InChI is InChI=1S/C3H9O4P.2C2H2O4.Li/c1-3-7-8(4,5)6-2;2*3-1(4)2(5)6;/h3H2,1-2H3,(H,4,5);2*(H,3,4)(H,5,6);/q;;;+1/p-1. The summed E-state index contributed by atoms with van der Waals surface area (Å²) >= 11 is 0. The Morgan fingerprint density at radius 1 is 0.952 bits per heavy atom. The fourth-order valence-corrected chi connectivity index (χ4v) is 0.632. The summed E-state index contributed by atoms with van der Waals surface area (Å²) in [5, 5.41) is 29.6. The van der Waals surface area contributed by atoms with Gasteiger partial charge in [-0.1, -0.05) is 0 Å². The van der Waals surface area contributed by atoms with Crippen molar-refractivity contribution < 1.29 is 77.0 Å². The molecule has 0 aliphatic carbocycles. The van der Waals surface area contributed by atoms with E-state index in [0.717, 1.165) is 7.11 Å². The van der Waals surface area contributed by atoms with Gasteiger partial charge in [0.15, 0.2) is 0 Å². The maximum absolute atomic E-state index is 10.2. The average Bonchev–Trinajstić information content (AvgIpc) is 2.30. The molecule has 0 amide bonds. The summed E-state index contributed by atoms with van der Waals surface area (Å²) in [4.78, 5) is 46.6. The average molecular weight is 326 g/mol. The monoisotopic (exact) mass is 326 g/mol. The minimum atomic E-state index is -3.92. The van der Waals surface area contributed by atoms with Crippen molar-refractivity contribution in [1.82, 2.24) is 0 Å². The molecule has 12 nitrogen and oxygen atoms in total. The molecule has 0 bridgehead atoms. The Morgan fingerprint density at radius 2 is 1.19 bits per heavy atom. The second-order valence-electron chi connectivity index (χ2n) is 2.27. The normalized spacial score (nSPS) is 11.0. The first-order valence-electron chi connectivity index (χ1n) is 4.35. The van der Waals surface area contributed by atoms with Crippen LogP contribution in [-0.4, -0.2) is 58.0 Å². The van der Waals surface area contributed by atoms with Crippen molar-refractivity contribution in [2.24, 2.45) is 0 Å². The van der Waals surface area contributed by atoms with Crippen LogP contribution in [0.4, 0.5) is 0 Å². The Hall–Kier alpha value is -1.41. The first-order chi connectivity index (χ1) is 8.91. The van der Waals surface area contributed by atoms with E-state index in [1.165, 1.54) is 0 Å². The van der Waals surface area contributed by atoms with Crippen LogP contribution in [0.25, 0.3) is 0 Å². The molecule has 0 aromatic rings. The third-order valence-corrected chi connectivity index (χ3v) is 1.90. The summed E-state index contributed by atoms with van der Waals surface area (Å²) in [5.74, 6) is -7.30. The van der Waals surface area contributed by atoms with Gasteiger partial charge in [0.25, 0.3) is 7.82 Å². The number of rotatable bonds is 3. The summed E-state index contributed by atoms with van der Waals surface area (Å²) in [6.07, 6.45) is 0. The Kier molecular flexibility index (Phi) is 19.9. The number of aliphatic carboxylic acids is 4. The first-order valence-corrected chi connectivity index (χ1v) is 5.81. The van der Waals surface area contributed by atoms with Gasteiger partial charge < -0.3 is 34.4 Å². The number of carboxylic acids is 4. The predicted molar refractivity (Wildman–Crippen MR) is 56.8 cm³/mol.